The van der Waals surface area contributed by atoms with Gasteiger partial charge in [-0.05, 0) is 29.8 Å². The van der Waals surface area contributed by atoms with E-state index >= 15 is 0 Å². The number of nitrogens with zero attached hydrogens (tertiary/aromatic N) is 2. The molecule has 6 nitrogen and oxygen atoms in total. The number of hydrogen-bond donors (Lipinski definition) is 1. The maximum atomic E-state index is 12.2. The number of halogens is 1. The van der Waals surface area contributed by atoms with Crippen LogP contribution in [0.5, 0.6) is 5.75 Å². The van der Waals surface area contributed by atoms with Crippen LogP contribution in [0.15, 0.2) is 59.1 Å². The van der Waals surface area contributed by atoms with Crippen LogP contribution in [0.2, 0.25) is 0 Å². The normalized spacial score (nSPS) is 10.8. The van der Waals surface area contributed by atoms with Crippen LogP contribution in [0.25, 0.3) is 12.2 Å². The summed E-state index contributed by atoms with van der Waals surface area (Å²) in [5.74, 6) is 0.270. The summed E-state index contributed by atoms with van der Waals surface area (Å²) in [5, 5.41) is 3.82. The number of carbonyl (C=O) groups is 1. The molecule has 0 atom stereocenters. The Morgan fingerprint density at radius 2 is 2.00 bits per heavy atom. The zero-order valence-corrected chi connectivity index (χ0v) is 13.1. The van der Waals surface area contributed by atoms with E-state index in [0.717, 1.165) is 11.1 Å². The third-order valence-electron chi connectivity index (χ3n) is 3.25. The van der Waals surface area contributed by atoms with Gasteiger partial charge in [-0.2, -0.15) is 10.5 Å². The van der Waals surface area contributed by atoms with Crippen LogP contribution < -0.4 is 10.3 Å². The summed E-state index contributed by atoms with van der Waals surface area (Å²) in [5.41, 5.74) is 2.24. The molecule has 3 rings (SSSR count). The summed E-state index contributed by atoms with van der Waals surface area (Å²) < 4.78 is 22.8. The SMILES string of the molecule is O=C(NF)c1cccc(OCc2noc(C=Cc3ccccc3)n2)c1. The topological polar surface area (TPSA) is 77.2 Å². The van der Waals surface area contributed by atoms with Gasteiger partial charge in [0.25, 0.3) is 11.8 Å². The van der Waals surface area contributed by atoms with Gasteiger partial charge in [0.05, 0.1) is 0 Å². The van der Waals surface area contributed by atoms with Crippen molar-refractivity contribution in [1.82, 2.24) is 15.7 Å². The van der Waals surface area contributed by atoms with E-state index in [1.807, 2.05) is 36.4 Å². The molecule has 1 N–H and O–H groups in total. The first-order chi connectivity index (χ1) is 12.2. The number of rotatable bonds is 6. The molecule has 0 aliphatic rings. The average molecular weight is 339 g/mol. The third-order valence-corrected chi connectivity index (χ3v) is 3.25. The summed E-state index contributed by atoms with van der Waals surface area (Å²) >= 11 is 0. The van der Waals surface area contributed by atoms with E-state index in [9.17, 15) is 9.28 Å². The van der Waals surface area contributed by atoms with Gasteiger partial charge < -0.3 is 9.26 Å². The minimum Gasteiger partial charge on any atom is -0.485 e. The number of hydrogen-bond acceptors (Lipinski definition) is 5. The fourth-order valence-electron chi connectivity index (χ4n) is 2.06. The molecule has 0 aliphatic carbocycles. The number of amides is 1. The van der Waals surface area contributed by atoms with E-state index < -0.39 is 5.91 Å². The Balaban J connectivity index is 1.60. The summed E-state index contributed by atoms with van der Waals surface area (Å²) in [6.07, 6.45) is 3.56. The predicted octanol–water partition coefficient (Wildman–Crippen LogP) is 3.43. The summed E-state index contributed by atoms with van der Waals surface area (Å²) in [6.45, 7) is 0.0589. The highest BCUT2D eigenvalue weighted by Gasteiger charge is 2.08. The molecule has 0 spiro atoms. The minimum atomic E-state index is -0.835. The number of carbonyl (C=O) groups excluding carboxylic acids is 1. The molecule has 7 heteroatoms. The Morgan fingerprint density at radius 3 is 2.80 bits per heavy atom. The molecule has 2 aromatic carbocycles. The van der Waals surface area contributed by atoms with Crippen LogP contribution in [0.4, 0.5) is 4.48 Å². The lowest BCUT2D eigenvalue weighted by Crippen LogP contribution is -2.13. The van der Waals surface area contributed by atoms with Crippen LogP contribution in [-0.4, -0.2) is 16.0 Å². The van der Waals surface area contributed by atoms with Crippen LogP contribution >= 0.6 is 0 Å². The quantitative estimate of drug-likeness (QED) is 0.696. The molecule has 1 aromatic heterocycles. The highest BCUT2D eigenvalue weighted by atomic mass is 19.2. The van der Waals surface area contributed by atoms with Gasteiger partial charge in [0.15, 0.2) is 6.61 Å². The molecule has 0 saturated carbocycles. The lowest BCUT2D eigenvalue weighted by molar-refractivity contribution is 0.0859. The minimum absolute atomic E-state index is 0.0589. The van der Waals surface area contributed by atoms with Gasteiger partial charge in [0, 0.05) is 11.6 Å². The fourth-order valence-corrected chi connectivity index (χ4v) is 2.06. The molecular weight excluding hydrogens is 325 g/mol. The Bertz CT molecular complexity index is 878. The highest BCUT2D eigenvalue weighted by Crippen LogP contribution is 2.15. The van der Waals surface area contributed by atoms with E-state index in [0.29, 0.717) is 17.5 Å². The molecule has 0 radical (unpaired) electrons. The third kappa shape index (κ3) is 4.51. The van der Waals surface area contributed by atoms with E-state index in [2.05, 4.69) is 10.1 Å². The number of ether oxygens (including phenoxy) is 1. The van der Waals surface area contributed by atoms with Crippen molar-refractivity contribution < 1.29 is 18.5 Å². The lowest BCUT2D eigenvalue weighted by atomic mass is 10.2. The Hall–Kier alpha value is -3.48. The van der Waals surface area contributed by atoms with Crippen molar-refractivity contribution in [3.05, 3.63) is 77.4 Å². The molecular formula is C18H14FN3O3. The fraction of sp³-hybridized carbons (Fsp3) is 0.0556. The van der Waals surface area contributed by atoms with Crippen LogP contribution in [0.1, 0.15) is 27.6 Å². The van der Waals surface area contributed by atoms with Crippen molar-refractivity contribution in [3.63, 3.8) is 0 Å². The molecule has 0 unspecified atom stereocenters. The van der Waals surface area contributed by atoms with Crippen molar-refractivity contribution in [2.45, 2.75) is 6.61 Å². The Morgan fingerprint density at radius 1 is 1.16 bits per heavy atom. The van der Waals surface area contributed by atoms with Gasteiger partial charge in [0.2, 0.25) is 5.82 Å². The molecule has 25 heavy (non-hydrogen) atoms. The average Bonchev–Trinajstić information content (AvgIpc) is 3.13. The second-order valence-corrected chi connectivity index (χ2v) is 5.03. The molecule has 3 aromatic rings. The predicted molar refractivity (Wildman–Crippen MR) is 89.0 cm³/mol. The van der Waals surface area contributed by atoms with Gasteiger partial charge in [-0.15, -0.1) is 0 Å². The maximum absolute atomic E-state index is 12.2. The van der Waals surface area contributed by atoms with Gasteiger partial charge in [-0.3, -0.25) is 4.79 Å². The summed E-state index contributed by atoms with van der Waals surface area (Å²) in [6, 6.07) is 15.8. The molecule has 0 aliphatic heterocycles. The van der Waals surface area contributed by atoms with Gasteiger partial charge >= 0.3 is 0 Å². The number of benzene rings is 2. The monoisotopic (exact) mass is 339 g/mol. The van der Waals surface area contributed by atoms with Gasteiger partial charge in [-0.1, -0.05) is 46.0 Å². The second-order valence-electron chi connectivity index (χ2n) is 5.03. The maximum Gasteiger partial charge on any atom is 0.279 e. The highest BCUT2D eigenvalue weighted by molar-refractivity contribution is 5.93. The van der Waals surface area contributed by atoms with Crippen molar-refractivity contribution in [2.24, 2.45) is 0 Å². The van der Waals surface area contributed by atoms with Crippen molar-refractivity contribution in [2.75, 3.05) is 0 Å². The zero-order chi connectivity index (χ0) is 17.5. The van der Waals surface area contributed by atoms with Crippen molar-refractivity contribution >= 4 is 18.1 Å². The van der Waals surface area contributed by atoms with Gasteiger partial charge in [0.1, 0.15) is 5.75 Å². The first-order valence-electron chi connectivity index (χ1n) is 7.44. The first-order valence-corrected chi connectivity index (χ1v) is 7.44. The first kappa shape index (κ1) is 16.4. The summed E-state index contributed by atoms with van der Waals surface area (Å²) in [7, 11) is 0. The van der Waals surface area contributed by atoms with E-state index in [-0.39, 0.29) is 12.2 Å². The van der Waals surface area contributed by atoms with Crippen LogP contribution in [0.3, 0.4) is 0 Å². The smallest absolute Gasteiger partial charge is 0.279 e. The van der Waals surface area contributed by atoms with Crippen LogP contribution in [0, 0.1) is 0 Å². The lowest BCUT2D eigenvalue weighted by Gasteiger charge is -2.04. The van der Waals surface area contributed by atoms with Crippen molar-refractivity contribution in [1.29, 1.82) is 0 Å². The molecule has 126 valence electrons. The Kier molecular flexibility index (Phi) is 5.16. The zero-order valence-electron chi connectivity index (χ0n) is 13.1. The molecule has 0 fully saturated rings. The Labute approximate surface area is 142 Å². The van der Waals surface area contributed by atoms with E-state index in [1.54, 1.807) is 18.2 Å². The molecule has 1 heterocycles. The van der Waals surface area contributed by atoms with Crippen molar-refractivity contribution in [3.8, 4) is 5.75 Å². The second kappa shape index (κ2) is 7.87. The van der Waals surface area contributed by atoms with E-state index in [1.165, 1.54) is 12.1 Å². The number of aromatic nitrogens is 2. The largest absolute Gasteiger partial charge is 0.485 e. The molecule has 0 bridgehead atoms. The number of nitrogens with one attached hydrogen (secondary N) is 1. The van der Waals surface area contributed by atoms with E-state index in [4.69, 9.17) is 9.26 Å². The van der Waals surface area contributed by atoms with Crippen LogP contribution in [-0.2, 0) is 6.61 Å². The summed E-state index contributed by atoms with van der Waals surface area (Å²) in [4.78, 5) is 15.4. The molecule has 1 amide bonds. The molecule has 0 saturated heterocycles. The van der Waals surface area contributed by atoms with Gasteiger partial charge in [-0.25, -0.2) is 0 Å². The standard InChI is InChI=1S/C18H14FN3O3/c19-21-18(23)14-7-4-8-15(11-14)24-12-16-20-17(25-22-16)10-9-13-5-2-1-3-6-13/h1-11H,12H2,(H,21,23).